The van der Waals surface area contributed by atoms with E-state index in [2.05, 4.69) is 15.0 Å². The van der Waals surface area contributed by atoms with Gasteiger partial charge in [0.1, 0.15) is 16.4 Å². The summed E-state index contributed by atoms with van der Waals surface area (Å²) in [6.07, 6.45) is -1.00. The molecule has 31 heavy (non-hydrogen) atoms. The Kier molecular flexibility index (Phi) is 7.96. The lowest BCUT2D eigenvalue weighted by atomic mass is 9.71. The number of nitrogens with zero attached hydrogens (tertiary/aromatic N) is 1. The number of aromatic nitrogens is 1. The monoisotopic (exact) mass is 460 g/mol. The number of carbonyl (C=O) groups excluding carboxylic acids is 3. The van der Waals surface area contributed by atoms with Gasteiger partial charge in [0.2, 0.25) is 12.2 Å². The van der Waals surface area contributed by atoms with Crippen LogP contribution in [0.1, 0.15) is 46.1 Å². The first-order valence-corrected chi connectivity index (χ1v) is 10.0. The first kappa shape index (κ1) is 25.0. The van der Waals surface area contributed by atoms with Crippen LogP contribution in [-0.4, -0.2) is 54.5 Å². The minimum Gasteiger partial charge on any atom is -0.458 e. The van der Waals surface area contributed by atoms with Gasteiger partial charge in [0.25, 0.3) is 0 Å². The van der Waals surface area contributed by atoms with Gasteiger partial charge in [-0.3, -0.25) is 5.32 Å². The minimum absolute atomic E-state index is 0.0205. The molecule has 1 unspecified atom stereocenters. The molecule has 11 heteroatoms. The van der Waals surface area contributed by atoms with Crippen LogP contribution in [0.2, 0.25) is 5.15 Å². The van der Waals surface area contributed by atoms with Crippen molar-refractivity contribution in [2.24, 2.45) is 0 Å². The van der Waals surface area contributed by atoms with Crippen molar-refractivity contribution in [2.75, 3.05) is 13.7 Å². The Morgan fingerprint density at radius 1 is 1.29 bits per heavy atom. The van der Waals surface area contributed by atoms with Crippen LogP contribution in [-0.2, 0) is 38.9 Å². The highest BCUT2D eigenvalue weighted by molar-refractivity contribution is 6.30. The Morgan fingerprint density at radius 3 is 2.45 bits per heavy atom. The van der Waals surface area contributed by atoms with E-state index in [1.807, 2.05) is 0 Å². The number of pyridine rings is 1. The molecule has 1 N–H and O–H groups in total. The minimum atomic E-state index is -1.49. The molecule has 1 aliphatic carbocycles. The van der Waals surface area contributed by atoms with Crippen LogP contribution in [0.15, 0.2) is 12.1 Å². The number of esters is 3. The average Bonchev–Trinajstić information content (AvgIpc) is 2.62. The summed E-state index contributed by atoms with van der Waals surface area (Å²) in [6.45, 7) is 6.67. The second-order valence-corrected chi connectivity index (χ2v) is 8.38. The van der Waals surface area contributed by atoms with Gasteiger partial charge in [-0.05, 0) is 39.8 Å². The fourth-order valence-electron chi connectivity index (χ4n) is 3.18. The first-order chi connectivity index (χ1) is 14.4. The molecule has 1 aromatic rings. The van der Waals surface area contributed by atoms with Crippen LogP contribution in [0.3, 0.4) is 0 Å². The third kappa shape index (κ3) is 6.34. The van der Waals surface area contributed by atoms with E-state index in [4.69, 9.17) is 25.8 Å². The number of ether oxygens (including phenoxy) is 4. The largest absolute Gasteiger partial charge is 0.458 e. The third-order valence-corrected chi connectivity index (χ3v) is 4.64. The summed E-state index contributed by atoms with van der Waals surface area (Å²) in [4.78, 5) is 39.7. The van der Waals surface area contributed by atoms with Crippen molar-refractivity contribution in [3.05, 3.63) is 28.8 Å². The van der Waals surface area contributed by atoms with Gasteiger partial charge in [-0.2, -0.15) is 4.39 Å². The van der Waals surface area contributed by atoms with Gasteiger partial charge >= 0.3 is 17.9 Å². The van der Waals surface area contributed by atoms with Gasteiger partial charge in [-0.25, -0.2) is 19.4 Å². The molecular formula is C20H26ClFN2O7. The number of rotatable bonds is 7. The summed E-state index contributed by atoms with van der Waals surface area (Å²) in [7, 11) is 1.33. The van der Waals surface area contributed by atoms with E-state index in [-0.39, 0.29) is 30.2 Å². The van der Waals surface area contributed by atoms with E-state index in [9.17, 15) is 18.8 Å². The second-order valence-electron chi connectivity index (χ2n) is 8.00. The van der Waals surface area contributed by atoms with Crippen molar-refractivity contribution < 1.29 is 37.7 Å². The highest BCUT2D eigenvalue weighted by atomic mass is 35.5. The second kappa shape index (κ2) is 9.88. The maximum atomic E-state index is 14.5. The lowest BCUT2D eigenvalue weighted by Crippen LogP contribution is -2.59. The van der Waals surface area contributed by atoms with Gasteiger partial charge in [-0.15, -0.1) is 0 Å². The van der Waals surface area contributed by atoms with Gasteiger partial charge < -0.3 is 18.9 Å². The van der Waals surface area contributed by atoms with E-state index in [0.29, 0.717) is 0 Å². The first-order valence-electron chi connectivity index (χ1n) is 9.65. The predicted octanol–water partition coefficient (Wildman–Crippen LogP) is 2.24. The fraction of sp³-hybridized carbons (Fsp3) is 0.600. The van der Waals surface area contributed by atoms with E-state index in [1.165, 1.54) is 26.2 Å². The summed E-state index contributed by atoms with van der Waals surface area (Å²) in [6, 6.07) is 2.27. The molecule has 0 aromatic carbocycles. The number of halogens is 2. The summed E-state index contributed by atoms with van der Waals surface area (Å²) in [5.74, 6) is -4.01. The number of methoxy groups -OCH3 is 1. The molecule has 0 spiro atoms. The summed E-state index contributed by atoms with van der Waals surface area (Å²) < 4.78 is 35.0. The molecule has 1 aliphatic rings. The summed E-state index contributed by atoms with van der Waals surface area (Å²) in [5, 5.41) is 2.86. The normalized spacial score (nSPS) is 21.6. The van der Waals surface area contributed by atoms with Crippen LogP contribution >= 0.6 is 11.6 Å². The van der Waals surface area contributed by atoms with Crippen molar-refractivity contribution >= 4 is 29.5 Å². The van der Waals surface area contributed by atoms with Crippen LogP contribution < -0.4 is 5.32 Å². The van der Waals surface area contributed by atoms with Crippen LogP contribution in [0.5, 0.6) is 0 Å². The molecule has 0 aliphatic heterocycles. The van der Waals surface area contributed by atoms with E-state index < -0.39 is 47.3 Å². The highest BCUT2D eigenvalue weighted by Gasteiger charge is 2.52. The molecule has 1 aromatic heterocycles. The Balaban J connectivity index is 2.19. The quantitative estimate of drug-likeness (QED) is 0.215. The van der Waals surface area contributed by atoms with Gasteiger partial charge in [0.15, 0.2) is 0 Å². The molecule has 2 rings (SSSR count). The summed E-state index contributed by atoms with van der Waals surface area (Å²) >= 11 is 5.72. The predicted molar refractivity (Wildman–Crippen MR) is 106 cm³/mol. The van der Waals surface area contributed by atoms with E-state index >= 15 is 0 Å². The molecule has 1 saturated carbocycles. The lowest BCUT2D eigenvalue weighted by molar-refractivity contribution is -0.191. The van der Waals surface area contributed by atoms with E-state index in [0.717, 1.165) is 0 Å². The Labute approximate surface area is 184 Å². The van der Waals surface area contributed by atoms with Crippen molar-refractivity contribution in [1.82, 2.24) is 10.3 Å². The SMILES string of the molecule is CCOC(=O)C(=O)OC1(c2ccc(Cl)nc2F)CC(NC(OC)C(=O)OC(C)(C)C)C1. The Bertz CT molecular complexity index is 837. The van der Waals surface area contributed by atoms with Gasteiger partial charge in [0.05, 0.1) is 12.2 Å². The maximum Gasteiger partial charge on any atom is 0.418 e. The van der Waals surface area contributed by atoms with Crippen molar-refractivity contribution in [1.29, 1.82) is 0 Å². The Hall–Kier alpha value is -2.30. The molecule has 0 radical (unpaired) electrons. The van der Waals surface area contributed by atoms with Crippen molar-refractivity contribution in [3.8, 4) is 0 Å². The molecule has 1 atom stereocenters. The third-order valence-electron chi connectivity index (χ3n) is 4.43. The molecule has 0 bridgehead atoms. The van der Waals surface area contributed by atoms with Gasteiger partial charge in [0, 0.05) is 26.0 Å². The van der Waals surface area contributed by atoms with Gasteiger partial charge in [-0.1, -0.05) is 11.6 Å². The summed E-state index contributed by atoms with van der Waals surface area (Å²) in [5.41, 5.74) is -2.25. The van der Waals surface area contributed by atoms with Crippen molar-refractivity contribution in [2.45, 2.75) is 64.0 Å². The molecule has 9 nitrogen and oxygen atoms in total. The molecule has 1 heterocycles. The molecular weight excluding hydrogens is 435 g/mol. The smallest absolute Gasteiger partial charge is 0.418 e. The molecule has 1 fully saturated rings. The zero-order chi connectivity index (χ0) is 23.4. The lowest BCUT2D eigenvalue weighted by Gasteiger charge is -2.47. The maximum absolute atomic E-state index is 14.5. The number of hydrogen-bond donors (Lipinski definition) is 1. The molecule has 0 amide bonds. The standard InChI is InChI=1S/C20H26ClFN2O7/c1-6-29-17(26)18(27)31-20(12-7-8-13(21)24-14(12)22)9-11(10-20)23-15(28-5)16(25)30-19(2,3)4/h7-8,11,15,23H,6,9-10H2,1-5H3. The highest BCUT2D eigenvalue weighted by Crippen LogP contribution is 2.46. The molecule has 172 valence electrons. The topological polar surface area (TPSA) is 113 Å². The van der Waals surface area contributed by atoms with Crippen LogP contribution in [0.4, 0.5) is 4.39 Å². The zero-order valence-corrected chi connectivity index (χ0v) is 18.7. The molecule has 0 saturated heterocycles. The fourth-order valence-corrected chi connectivity index (χ4v) is 3.31. The zero-order valence-electron chi connectivity index (χ0n) is 18.0. The number of carbonyl (C=O) groups is 3. The number of hydrogen-bond acceptors (Lipinski definition) is 9. The van der Waals surface area contributed by atoms with Crippen LogP contribution in [0.25, 0.3) is 0 Å². The van der Waals surface area contributed by atoms with Crippen molar-refractivity contribution in [3.63, 3.8) is 0 Å². The van der Waals surface area contributed by atoms with Crippen LogP contribution in [0, 0.1) is 5.95 Å². The average molecular weight is 461 g/mol. The number of nitrogens with one attached hydrogen (secondary N) is 1. The van der Waals surface area contributed by atoms with E-state index in [1.54, 1.807) is 20.8 Å². The Morgan fingerprint density at radius 2 is 1.94 bits per heavy atom.